The van der Waals surface area contributed by atoms with Crippen LogP contribution in [0.1, 0.15) is 82.4 Å². The Morgan fingerprint density at radius 3 is 2.14 bits per heavy atom. The van der Waals surface area contributed by atoms with Gasteiger partial charge in [-0.05, 0) is 48.3 Å². The molecule has 2 aromatic rings. The molecule has 6 nitrogen and oxygen atoms in total. The number of hydrogen-bond acceptors (Lipinski definition) is 4. The first-order valence-corrected chi connectivity index (χ1v) is 13.9. The third-order valence-corrected chi connectivity index (χ3v) is 6.57. The molecular formula is C31H47N3O3. The first-order valence-electron chi connectivity index (χ1n) is 13.9. The minimum atomic E-state index is -0.747. The summed E-state index contributed by atoms with van der Waals surface area (Å²) < 4.78 is 0. The van der Waals surface area contributed by atoms with Crippen molar-refractivity contribution in [3.63, 3.8) is 0 Å². The molecule has 2 amide bonds. The van der Waals surface area contributed by atoms with Gasteiger partial charge in [0.15, 0.2) is 0 Å². The highest BCUT2D eigenvalue weighted by Crippen LogP contribution is 2.16. The van der Waals surface area contributed by atoms with Crippen LogP contribution in [0.25, 0.3) is 0 Å². The molecule has 0 unspecified atom stereocenters. The number of nitrogens with zero attached hydrogens (tertiary/aromatic N) is 1. The van der Waals surface area contributed by atoms with E-state index in [1.54, 1.807) is 0 Å². The monoisotopic (exact) mass is 509 g/mol. The number of carbonyl (C=O) groups excluding carboxylic acids is 2. The van der Waals surface area contributed by atoms with Crippen LogP contribution in [0.2, 0.25) is 0 Å². The molecule has 0 heterocycles. The van der Waals surface area contributed by atoms with E-state index in [-0.39, 0.29) is 18.2 Å². The van der Waals surface area contributed by atoms with E-state index in [1.807, 2.05) is 35.2 Å². The van der Waals surface area contributed by atoms with Gasteiger partial charge >= 0.3 is 0 Å². The number of carbonyl (C=O) groups is 2. The second-order valence-electron chi connectivity index (χ2n) is 10.2. The summed E-state index contributed by atoms with van der Waals surface area (Å²) in [6.07, 6.45) is 2.80. The number of aliphatic hydroxyl groups is 1. The predicted molar refractivity (Wildman–Crippen MR) is 151 cm³/mol. The molecular weight excluding hydrogens is 462 g/mol. The average Bonchev–Trinajstić information content (AvgIpc) is 2.89. The van der Waals surface area contributed by atoms with Crippen molar-refractivity contribution < 1.29 is 14.7 Å². The average molecular weight is 510 g/mol. The molecule has 2 aromatic carbocycles. The van der Waals surface area contributed by atoms with E-state index < -0.39 is 12.1 Å². The van der Waals surface area contributed by atoms with Crippen LogP contribution < -0.4 is 10.6 Å². The van der Waals surface area contributed by atoms with E-state index in [1.165, 1.54) is 5.56 Å². The Labute approximate surface area is 223 Å². The van der Waals surface area contributed by atoms with Gasteiger partial charge < -0.3 is 20.6 Å². The molecule has 2 rings (SSSR count). The Bertz CT molecular complexity index is 909. The van der Waals surface area contributed by atoms with Crippen molar-refractivity contribution in [2.24, 2.45) is 0 Å². The molecule has 0 aliphatic rings. The van der Waals surface area contributed by atoms with Gasteiger partial charge in [0.25, 0.3) is 0 Å². The first-order chi connectivity index (χ1) is 17.8. The van der Waals surface area contributed by atoms with Gasteiger partial charge in [0, 0.05) is 39.0 Å². The van der Waals surface area contributed by atoms with Crippen LogP contribution in [0.3, 0.4) is 0 Å². The van der Waals surface area contributed by atoms with Crippen LogP contribution in [0.5, 0.6) is 0 Å². The highest BCUT2D eigenvalue weighted by molar-refractivity contribution is 5.79. The zero-order valence-electron chi connectivity index (χ0n) is 23.2. The van der Waals surface area contributed by atoms with Crippen molar-refractivity contribution in [1.82, 2.24) is 15.5 Å². The van der Waals surface area contributed by atoms with Crippen molar-refractivity contribution in [3.8, 4) is 0 Å². The Morgan fingerprint density at radius 2 is 1.54 bits per heavy atom. The van der Waals surface area contributed by atoms with Crippen molar-refractivity contribution in [2.75, 3.05) is 19.6 Å². The molecule has 2 atom stereocenters. The first kappa shape index (κ1) is 30.5. The summed E-state index contributed by atoms with van der Waals surface area (Å²) in [5.41, 5.74) is 3.48. The van der Waals surface area contributed by atoms with Gasteiger partial charge in [-0.3, -0.25) is 9.59 Å². The molecule has 37 heavy (non-hydrogen) atoms. The molecule has 0 spiro atoms. The Balaban J connectivity index is 1.95. The number of amides is 2. The zero-order chi connectivity index (χ0) is 27.0. The lowest BCUT2D eigenvalue weighted by atomic mass is 9.97. The number of rotatable bonds is 17. The highest BCUT2D eigenvalue weighted by Gasteiger charge is 2.22. The predicted octanol–water partition coefficient (Wildman–Crippen LogP) is 4.81. The van der Waals surface area contributed by atoms with Gasteiger partial charge in [-0.1, -0.05) is 82.3 Å². The van der Waals surface area contributed by atoms with E-state index in [0.717, 1.165) is 37.1 Å². The smallest absolute Gasteiger partial charge is 0.222 e. The maximum Gasteiger partial charge on any atom is 0.222 e. The maximum atomic E-state index is 12.8. The van der Waals surface area contributed by atoms with Gasteiger partial charge in [0.1, 0.15) is 0 Å². The summed E-state index contributed by atoms with van der Waals surface area (Å²) in [5, 5.41) is 17.4. The van der Waals surface area contributed by atoms with E-state index in [2.05, 4.69) is 62.6 Å². The topological polar surface area (TPSA) is 81.7 Å². The Morgan fingerprint density at radius 1 is 0.892 bits per heavy atom. The minimum Gasteiger partial charge on any atom is -0.390 e. The molecule has 204 valence electrons. The van der Waals surface area contributed by atoms with Crippen molar-refractivity contribution >= 4 is 11.8 Å². The number of hydrogen-bond donors (Lipinski definition) is 3. The molecule has 3 N–H and O–H groups in total. The molecule has 0 aromatic heterocycles. The van der Waals surface area contributed by atoms with Gasteiger partial charge in [-0.15, -0.1) is 0 Å². The zero-order valence-corrected chi connectivity index (χ0v) is 23.2. The number of nitrogens with one attached hydrogen (secondary N) is 2. The van der Waals surface area contributed by atoms with Crippen LogP contribution >= 0.6 is 0 Å². The molecule has 0 aliphatic heterocycles. The van der Waals surface area contributed by atoms with Crippen LogP contribution in [0, 0.1) is 0 Å². The molecule has 0 saturated heterocycles. The second kappa shape index (κ2) is 16.9. The maximum absolute atomic E-state index is 12.8. The quantitative estimate of drug-likeness (QED) is 0.286. The normalized spacial score (nSPS) is 12.8. The summed E-state index contributed by atoms with van der Waals surface area (Å²) >= 11 is 0. The fraction of sp³-hybridized carbons (Fsp3) is 0.548. The number of aliphatic hydroxyl groups excluding tert-OH is 1. The molecule has 0 aliphatic carbocycles. The minimum absolute atomic E-state index is 0.114. The van der Waals surface area contributed by atoms with Crippen LogP contribution in [-0.4, -0.2) is 53.6 Å². The standard InChI is InChI=1S/C31H47N3O3/c1-5-19-34(20-6-2)31(37)14-10-13-30(36)33-28(21-25-15-17-27(18-16-25)24(3)4)29(35)23-32-22-26-11-8-7-9-12-26/h7-9,11-12,15-18,24,28-29,32,35H,5-6,10,13-14,19-23H2,1-4H3,(H,33,36)/t28-,29+/m0/s1. The summed E-state index contributed by atoms with van der Waals surface area (Å²) in [6, 6.07) is 18.0. The number of benzene rings is 2. The van der Waals surface area contributed by atoms with Gasteiger partial charge in [-0.25, -0.2) is 0 Å². The summed E-state index contributed by atoms with van der Waals surface area (Å²) in [6.45, 7) is 11.0. The summed E-state index contributed by atoms with van der Waals surface area (Å²) in [5.74, 6) is 0.435. The molecule has 0 bridgehead atoms. The van der Waals surface area contributed by atoms with Gasteiger partial charge in [0.2, 0.25) is 11.8 Å². The Hall–Kier alpha value is -2.70. The molecule has 6 heteroatoms. The van der Waals surface area contributed by atoms with Crippen molar-refractivity contribution in [3.05, 3.63) is 71.3 Å². The van der Waals surface area contributed by atoms with Crippen molar-refractivity contribution in [1.29, 1.82) is 0 Å². The largest absolute Gasteiger partial charge is 0.390 e. The van der Waals surface area contributed by atoms with E-state index in [9.17, 15) is 14.7 Å². The fourth-order valence-corrected chi connectivity index (χ4v) is 4.42. The lowest BCUT2D eigenvalue weighted by Crippen LogP contribution is -2.48. The third kappa shape index (κ3) is 11.5. The summed E-state index contributed by atoms with van der Waals surface area (Å²) in [4.78, 5) is 27.2. The van der Waals surface area contributed by atoms with Crippen LogP contribution in [0.15, 0.2) is 54.6 Å². The summed E-state index contributed by atoms with van der Waals surface area (Å²) in [7, 11) is 0. The van der Waals surface area contributed by atoms with Crippen LogP contribution in [-0.2, 0) is 22.6 Å². The SMILES string of the molecule is CCCN(CCC)C(=O)CCCC(=O)N[C@@H](Cc1ccc(C(C)C)cc1)[C@H](O)CNCc1ccccc1. The van der Waals surface area contributed by atoms with Crippen molar-refractivity contribution in [2.45, 2.75) is 90.8 Å². The van der Waals surface area contributed by atoms with Gasteiger partial charge in [0.05, 0.1) is 12.1 Å². The Kier molecular flexibility index (Phi) is 14.0. The fourth-order valence-electron chi connectivity index (χ4n) is 4.42. The van der Waals surface area contributed by atoms with Gasteiger partial charge in [-0.2, -0.15) is 0 Å². The molecule has 0 fully saturated rings. The lowest BCUT2D eigenvalue weighted by molar-refractivity contribution is -0.131. The van der Waals surface area contributed by atoms with E-state index in [0.29, 0.717) is 38.3 Å². The lowest BCUT2D eigenvalue weighted by Gasteiger charge is -2.25. The van der Waals surface area contributed by atoms with Crippen LogP contribution in [0.4, 0.5) is 0 Å². The second-order valence-corrected chi connectivity index (χ2v) is 10.2. The van der Waals surface area contributed by atoms with E-state index in [4.69, 9.17) is 0 Å². The molecule has 0 radical (unpaired) electrons. The molecule has 0 saturated carbocycles. The third-order valence-electron chi connectivity index (χ3n) is 6.57. The highest BCUT2D eigenvalue weighted by atomic mass is 16.3. The van der Waals surface area contributed by atoms with E-state index >= 15 is 0 Å².